The van der Waals surface area contributed by atoms with Gasteiger partial charge < -0.3 is 10.6 Å². The summed E-state index contributed by atoms with van der Waals surface area (Å²) in [7, 11) is 0. The average molecular weight is 759 g/mol. The summed E-state index contributed by atoms with van der Waals surface area (Å²) >= 11 is 0. The molecule has 0 aromatic heterocycles. The molecule has 292 valence electrons. The minimum atomic E-state index is -0.00903. The third-order valence-corrected chi connectivity index (χ3v) is 16.1. The van der Waals surface area contributed by atoms with Crippen LogP contribution in [0.4, 0.5) is 22.7 Å². The molecule has 0 radical (unpaired) electrons. The Kier molecular flexibility index (Phi) is 8.38. The van der Waals surface area contributed by atoms with Crippen LogP contribution in [0.5, 0.6) is 0 Å². The summed E-state index contributed by atoms with van der Waals surface area (Å²) in [6.45, 7) is 9.30. The molecular weight excluding hydrogens is 701 g/mol. The standard InChI is InChI=1S/C41H43N.C15H15N/c1-41(2)39-6-4-3-5-35(39)36-20-19-34(25-40(36)41)42(32-15-11-28(12-16-32)37-23-26-7-9-30(37)21-26)33-17-13-29(14-18-33)38-24-27-8-10-31(38)22-27;1-15(2)13-6-4-3-5-11(13)12-8-7-10(16)9-14(12)15/h3-6,11-20,25-27,30-31,37-38H,7-10,21-24H2,1-2H3;3-9H,16H2,1-2H3. The zero-order valence-corrected chi connectivity index (χ0v) is 34.8. The number of rotatable bonds is 5. The van der Waals surface area contributed by atoms with E-state index < -0.39 is 0 Å². The maximum atomic E-state index is 5.89. The van der Waals surface area contributed by atoms with Crippen LogP contribution in [0.1, 0.15) is 124 Å². The molecule has 12 rings (SSSR count). The molecule has 4 fully saturated rings. The van der Waals surface area contributed by atoms with Crippen molar-refractivity contribution in [3.05, 3.63) is 167 Å². The molecule has 2 N–H and O–H groups in total. The number of fused-ring (bicyclic) bond motifs is 10. The summed E-state index contributed by atoms with van der Waals surface area (Å²) in [6.07, 6.45) is 11.5. The maximum absolute atomic E-state index is 5.89. The fourth-order valence-electron chi connectivity index (χ4n) is 13.0. The van der Waals surface area contributed by atoms with Crippen LogP contribution in [0.3, 0.4) is 0 Å². The first-order chi connectivity index (χ1) is 28.1. The minimum absolute atomic E-state index is 0.00903. The fraction of sp³-hybridized carbons (Fsp3) is 0.357. The van der Waals surface area contributed by atoms with Crippen molar-refractivity contribution in [1.82, 2.24) is 0 Å². The largest absolute Gasteiger partial charge is 0.399 e. The van der Waals surface area contributed by atoms with Gasteiger partial charge in [0, 0.05) is 33.6 Å². The van der Waals surface area contributed by atoms with E-state index in [4.69, 9.17) is 5.73 Å². The van der Waals surface area contributed by atoms with Crippen LogP contribution in [0.15, 0.2) is 133 Å². The van der Waals surface area contributed by atoms with Gasteiger partial charge in [-0.3, -0.25) is 0 Å². The van der Waals surface area contributed by atoms with Gasteiger partial charge in [-0.15, -0.1) is 0 Å². The van der Waals surface area contributed by atoms with E-state index >= 15 is 0 Å². The van der Waals surface area contributed by atoms with Crippen LogP contribution in [-0.2, 0) is 10.8 Å². The molecule has 6 unspecified atom stereocenters. The first-order valence-electron chi connectivity index (χ1n) is 22.4. The molecule has 2 heteroatoms. The lowest BCUT2D eigenvalue weighted by molar-refractivity contribution is 0.420. The van der Waals surface area contributed by atoms with E-state index in [-0.39, 0.29) is 10.8 Å². The Balaban J connectivity index is 0.000000201. The van der Waals surface area contributed by atoms with E-state index in [1.807, 2.05) is 6.07 Å². The number of hydrogen-bond acceptors (Lipinski definition) is 2. The molecule has 58 heavy (non-hydrogen) atoms. The van der Waals surface area contributed by atoms with E-state index in [9.17, 15) is 0 Å². The summed E-state index contributed by atoms with van der Waals surface area (Å²) in [5.74, 6) is 5.32. The second-order valence-corrected chi connectivity index (χ2v) is 20.0. The first kappa shape index (κ1) is 36.0. The lowest BCUT2D eigenvalue weighted by atomic mass is 9.82. The van der Waals surface area contributed by atoms with Gasteiger partial charge >= 0.3 is 0 Å². The van der Waals surface area contributed by atoms with Crippen molar-refractivity contribution in [2.24, 2.45) is 23.7 Å². The highest BCUT2D eigenvalue weighted by atomic mass is 15.1. The highest BCUT2D eigenvalue weighted by Gasteiger charge is 2.42. The topological polar surface area (TPSA) is 29.3 Å². The third kappa shape index (κ3) is 5.72. The Labute approximate surface area is 346 Å². The van der Waals surface area contributed by atoms with Gasteiger partial charge in [0.05, 0.1) is 0 Å². The van der Waals surface area contributed by atoms with Gasteiger partial charge in [-0.05, 0) is 178 Å². The van der Waals surface area contributed by atoms with Crippen molar-refractivity contribution in [2.75, 3.05) is 10.6 Å². The zero-order chi connectivity index (χ0) is 39.3. The molecule has 0 heterocycles. The van der Waals surface area contributed by atoms with Gasteiger partial charge in [-0.2, -0.15) is 0 Å². The van der Waals surface area contributed by atoms with Crippen LogP contribution in [0.25, 0.3) is 22.3 Å². The SMILES string of the molecule is CC1(C)c2ccccc2-c2ccc(N(c3ccc(C4CC5CCC4C5)cc3)c3ccc(C4CC5CCC4C5)cc3)cc21.CC1(C)c2ccccc2-c2ccc(N)cc21. The fourth-order valence-corrected chi connectivity index (χ4v) is 13.0. The van der Waals surface area contributed by atoms with Crippen molar-refractivity contribution in [1.29, 1.82) is 0 Å². The van der Waals surface area contributed by atoms with E-state index in [1.165, 1.54) is 113 Å². The Morgan fingerprint density at radius 1 is 0.431 bits per heavy atom. The second kappa shape index (κ2) is 13.5. The molecule has 6 aliphatic carbocycles. The number of nitrogens with zero attached hydrogens (tertiary/aromatic N) is 1. The summed E-state index contributed by atoms with van der Waals surface area (Å²) in [6, 6.07) is 50.4. The van der Waals surface area contributed by atoms with Gasteiger partial charge in [0.15, 0.2) is 0 Å². The zero-order valence-electron chi connectivity index (χ0n) is 34.8. The van der Waals surface area contributed by atoms with E-state index in [0.717, 1.165) is 41.2 Å². The maximum Gasteiger partial charge on any atom is 0.0465 e. The number of benzene rings is 6. The average Bonchev–Trinajstić information content (AvgIpc) is 4.12. The predicted octanol–water partition coefficient (Wildman–Crippen LogP) is 14.8. The van der Waals surface area contributed by atoms with Gasteiger partial charge in [0.1, 0.15) is 0 Å². The van der Waals surface area contributed by atoms with Crippen molar-refractivity contribution >= 4 is 22.7 Å². The highest BCUT2D eigenvalue weighted by Crippen LogP contribution is 2.55. The van der Waals surface area contributed by atoms with Crippen LogP contribution in [-0.4, -0.2) is 0 Å². The molecule has 6 aromatic rings. The summed E-state index contributed by atoms with van der Waals surface area (Å²) in [5.41, 5.74) is 24.8. The molecule has 0 saturated heterocycles. The molecule has 0 aliphatic heterocycles. The van der Waals surface area contributed by atoms with E-state index in [1.54, 1.807) is 11.1 Å². The summed E-state index contributed by atoms with van der Waals surface area (Å²) in [5, 5.41) is 0. The first-order valence-corrected chi connectivity index (χ1v) is 22.4. The quantitative estimate of drug-likeness (QED) is 0.177. The van der Waals surface area contributed by atoms with E-state index in [0.29, 0.717) is 0 Å². The molecule has 4 saturated carbocycles. The van der Waals surface area contributed by atoms with Gasteiger partial charge in [0.25, 0.3) is 0 Å². The number of anilines is 4. The predicted molar refractivity (Wildman–Crippen MR) is 243 cm³/mol. The summed E-state index contributed by atoms with van der Waals surface area (Å²) in [4.78, 5) is 2.51. The number of nitrogen functional groups attached to an aromatic ring is 1. The Hall–Kier alpha value is -5.08. The van der Waals surface area contributed by atoms with Crippen LogP contribution in [0, 0.1) is 23.7 Å². The molecule has 6 aromatic carbocycles. The van der Waals surface area contributed by atoms with Crippen molar-refractivity contribution in [2.45, 2.75) is 102 Å². The molecule has 6 atom stereocenters. The molecule has 2 nitrogen and oxygen atoms in total. The minimum Gasteiger partial charge on any atom is -0.399 e. The molecule has 6 aliphatic rings. The van der Waals surface area contributed by atoms with Gasteiger partial charge in [-0.1, -0.05) is 125 Å². The van der Waals surface area contributed by atoms with E-state index in [2.05, 4.69) is 160 Å². The smallest absolute Gasteiger partial charge is 0.0465 e. The van der Waals surface area contributed by atoms with Crippen molar-refractivity contribution < 1.29 is 0 Å². The normalized spacial score (nSPS) is 25.7. The number of nitrogens with two attached hydrogens (primary N) is 1. The second-order valence-electron chi connectivity index (χ2n) is 20.0. The highest BCUT2D eigenvalue weighted by molar-refractivity contribution is 5.86. The lowest BCUT2D eigenvalue weighted by Gasteiger charge is -2.29. The monoisotopic (exact) mass is 758 g/mol. The van der Waals surface area contributed by atoms with Crippen molar-refractivity contribution in [3.8, 4) is 22.3 Å². The Bertz CT molecular complexity index is 2450. The molecule has 0 spiro atoms. The number of hydrogen-bond donors (Lipinski definition) is 1. The Morgan fingerprint density at radius 2 is 0.862 bits per heavy atom. The van der Waals surface area contributed by atoms with Crippen LogP contribution >= 0.6 is 0 Å². The summed E-state index contributed by atoms with van der Waals surface area (Å²) < 4.78 is 0. The Morgan fingerprint density at radius 3 is 1.33 bits per heavy atom. The van der Waals surface area contributed by atoms with Crippen LogP contribution in [0.2, 0.25) is 0 Å². The third-order valence-electron chi connectivity index (χ3n) is 16.1. The lowest BCUT2D eigenvalue weighted by Crippen LogP contribution is -2.16. The van der Waals surface area contributed by atoms with Gasteiger partial charge in [0.2, 0.25) is 0 Å². The van der Waals surface area contributed by atoms with Crippen LogP contribution < -0.4 is 10.6 Å². The molecular formula is C56H58N2. The van der Waals surface area contributed by atoms with Crippen molar-refractivity contribution in [3.63, 3.8) is 0 Å². The molecule has 4 bridgehead atoms. The van der Waals surface area contributed by atoms with Gasteiger partial charge in [-0.25, -0.2) is 0 Å². The molecule has 0 amide bonds.